The normalized spacial score (nSPS) is 13.7. The Morgan fingerprint density at radius 1 is 1.83 bits per heavy atom. The van der Waals surface area contributed by atoms with Crippen molar-refractivity contribution in [2.45, 2.75) is 6.92 Å². The molecule has 1 N–H and O–H groups in total. The van der Waals surface area contributed by atoms with Crippen molar-refractivity contribution in [2.24, 2.45) is 0 Å². The summed E-state index contributed by atoms with van der Waals surface area (Å²) in [6.07, 6.45) is 0. The molecule has 6 heavy (non-hydrogen) atoms. The van der Waals surface area contributed by atoms with E-state index in [0.717, 1.165) is 6.92 Å². The molecule has 0 aromatic rings. The fraction of sp³-hybridized carbons (Fsp3) is 0.500. The van der Waals surface area contributed by atoms with Gasteiger partial charge in [-0.05, 0) is 0 Å². The van der Waals surface area contributed by atoms with Gasteiger partial charge in [-0.15, -0.1) is 0 Å². The lowest BCUT2D eigenvalue weighted by molar-refractivity contribution is -0.110. The molecule has 3 nitrogen and oxygen atoms in total. The molecule has 0 saturated heterocycles. The molecule has 0 fully saturated rings. The summed E-state index contributed by atoms with van der Waals surface area (Å²) in [5, 5.41) is -0.713. The van der Waals surface area contributed by atoms with Crippen LogP contribution < -0.4 is 0 Å². The lowest BCUT2D eigenvalue weighted by Crippen LogP contribution is -1.97. The topological polar surface area (TPSA) is 54.4 Å². The number of carbonyl (C=O) groups excluding carboxylic acids is 1. The third-order valence-corrected chi connectivity index (χ3v) is 0.738. The van der Waals surface area contributed by atoms with Crippen molar-refractivity contribution >= 4 is 16.2 Å². The van der Waals surface area contributed by atoms with Crippen LogP contribution in [0.2, 0.25) is 0 Å². The highest BCUT2D eigenvalue weighted by molar-refractivity contribution is 7.95. The molecule has 0 amide bonds. The fourth-order valence-corrected chi connectivity index (χ4v) is 0. The van der Waals surface area contributed by atoms with Crippen LogP contribution in [-0.2, 0) is 15.9 Å². The van der Waals surface area contributed by atoms with Gasteiger partial charge in [0.2, 0.25) is 16.2 Å². The molecular weight excluding hydrogens is 104 g/mol. The van der Waals surface area contributed by atoms with Crippen LogP contribution in [0.4, 0.5) is 0 Å². The van der Waals surface area contributed by atoms with Crippen LogP contribution in [0, 0.1) is 0 Å². The minimum absolute atomic E-state index is 0.713. The minimum atomic E-state index is -2.26. The summed E-state index contributed by atoms with van der Waals surface area (Å²) >= 11 is -2.26. The molecule has 0 aromatic heterocycles. The Morgan fingerprint density at radius 3 is 2.00 bits per heavy atom. The zero-order chi connectivity index (χ0) is 5.15. The van der Waals surface area contributed by atoms with Gasteiger partial charge in [-0.3, -0.25) is 4.79 Å². The van der Waals surface area contributed by atoms with Gasteiger partial charge in [-0.25, -0.2) is 4.21 Å². The molecule has 0 bridgehead atoms. The zero-order valence-electron chi connectivity index (χ0n) is 3.17. The summed E-state index contributed by atoms with van der Waals surface area (Å²) in [6, 6.07) is 0. The smallest absolute Gasteiger partial charge is 0.243 e. The average Bonchev–Trinajstić information content (AvgIpc) is 1.36. The molecule has 36 valence electrons. The first-order valence-corrected chi connectivity index (χ1v) is 2.36. The van der Waals surface area contributed by atoms with Crippen molar-refractivity contribution in [1.82, 2.24) is 0 Å². The lowest BCUT2D eigenvalue weighted by Gasteiger charge is -1.74. The van der Waals surface area contributed by atoms with Gasteiger partial charge < -0.3 is 4.55 Å². The monoisotopic (exact) mass is 108 g/mol. The predicted molar refractivity (Wildman–Crippen MR) is 21.5 cm³/mol. The van der Waals surface area contributed by atoms with Crippen LogP contribution in [0.15, 0.2) is 0 Å². The Labute approximate surface area is 37.6 Å². The van der Waals surface area contributed by atoms with E-state index in [4.69, 9.17) is 4.55 Å². The maximum Gasteiger partial charge on any atom is 0.243 e. The average molecular weight is 108 g/mol. The van der Waals surface area contributed by atoms with Gasteiger partial charge in [0, 0.05) is 6.92 Å². The third kappa shape index (κ3) is 2.04. The van der Waals surface area contributed by atoms with Gasteiger partial charge in [0.05, 0.1) is 0 Å². The second-order valence-corrected chi connectivity index (χ2v) is 1.81. The molecule has 0 saturated carbocycles. The molecular formula is C2H4O3S. The van der Waals surface area contributed by atoms with E-state index in [0.29, 0.717) is 0 Å². The fourth-order valence-electron chi connectivity index (χ4n) is 0. The highest BCUT2D eigenvalue weighted by Gasteiger charge is 1.94. The van der Waals surface area contributed by atoms with Gasteiger partial charge in [0.1, 0.15) is 0 Å². The first kappa shape index (κ1) is 5.78. The van der Waals surface area contributed by atoms with E-state index in [-0.39, 0.29) is 0 Å². The van der Waals surface area contributed by atoms with Crippen molar-refractivity contribution in [2.75, 3.05) is 0 Å². The van der Waals surface area contributed by atoms with Crippen LogP contribution in [-0.4, -0.2) is 13.9 Å². The Kier molecular flexibility index (Phi) is 1.97. The van der Waals surface area contributed by atoms with Crippen LogP contribution in [0.25, 0.3) is 0 Å². The van der Waals surface area contributed by atoms with Crippen LogP contribution in [0.3, 0.4) is 0 Å². The Balaban J connectivity index is 3.57. The van der Waals surface area contributed by atoms with E-state index >= 15 is 0 Å². The summed E-state index contributed by atoms with van der Waals surface area (Å²) in [7, 11) is 0. The molecule has 1 unspecified atom stereocenters. The standard InChI is InChI=1S/C2H4O3S/c1-2(3)6(4)5/h1H3,(H,4,5). The molecule has 0 heterocycles. The van der Waals surface area contributed by atoms with Crippen LogP contribution in [0.1, 0.15) is 6.92 Å². The summed E-state index contributed by atoms with van der Waals surface area (Å²) in [6.45, 7) is 1.05. The van der Waals surface area contributed by atoms with E-state index in [1.54, 1.807) is 0 Å². The summed E-state index contributed by atoms with van der Waals surface area (Å²) in [4.78, 5) is 9.59. The number of rotatable bonds is 0. The highest BCUT2D eigenvalue weighted by atomic mass is 32.2. The predicted octanol–water partition coefficient (Wildman–Crippen LogP) is -0.245. The van der Waals surface area contributed by atoms with Crippen LogP contribution in [0.5, 0.6) is 0 Å². The Morgan fingerprint density at radius 2 is 2.00 bits per heavy atom. The molecule has 0 rings (SSSR count). The van der Waals surface area contributed by atoms with Crippen LogP contribution >= 0.6 is 0 Å². The van der Waals surface area contributed by atoms with E-state index in [1.807, 2.05) is 0 Å². The van der Waals surface area contributed by atoms with Gasteiger partial charge >= 0.3 is 0 Å². The zero-order valence-corrected chi connectivity index (χ0v) is 3.99. The molecule has 1 atom stereocenters. The maximum atomic E-state index is 9.59. The molecule has 0 spiro atoms. The summed E-state index contributed by atoms with van der Waals surface area (Å²) in [5.74, 6) is 0. The molecule has 0 aliphatic carbocycles. The quantitative estimate of drug-likeness (QED) is 0.435. The second kappa shape index (κ2) is 2.04. The van der Waals surface area contributed by atoms with Gasteiger partial charge in [-0.2, -0.15) is 0 Å². The van der Waals surface area contributed by atoms with Gasteiger partial charge in [-0.1, -0.05) is 0 Å². The molecule has 0 aliphatic heterocycles. The third-order valence-electron chi connectivity index (χ3n) is 0.246. The van der Waals surface area contributed by atoms with Gasteiger partial charge in [0.25, 0.3) is 0 Å². The first-order valence-electron chi connectivity index (χ1n) is 1.26. The summed E-state index contributed by atoms with van der Waals surface area (Å²) in [5.41, 5.74) is 0. The van der Waals surface area contributed by atoms with Crippen molar-refractivity contribution < 1.29 is 13.6 Å². The highest BCUT2D eigenvalue weighted by Crippen LogP contribution is 1.70. The number of carbonyl (C=O) groups is 1. The van der Waals surface area contributed by atoms with E-state index in [2.05, 4.69) is 0 Å². The molecule has 0 aromatic carbocycles. The van der Waals surface area contributed by atoms with Gasteiger partial charge in [0.15, 0.2) is 0 Å². The van der Waals surface area contributed by atoms with E-state index in [9.17, 15) is 9.00 Å². The summed E-state index contributed by atoms with van der Waals surface area (Å²) < 4.78 is 17.2. The van der Waals surface area contributed by atoms with Crippen molar-refractivity contribution in [1.29, 1.82) is 0 Å². The van der Waals surface area contributed by atoms with Crippen molar-refractivity contribution in [3.63, 3.8) is 0 Å². The Hall–Kier alpha value is -0.220. The first-order chi connectivity index (χ1) is 2.64. The lowest BCUT2D eigenvalue weighted by atomic mass is 10.9. The molecule has 0 aliphatic rings. The Bertz CT molecular complexity index is 74.8. The van der Waals surface area contributed by atoms with E-state index < -0.39 is 16.2 Å². The second-order valence-electron chi connectivity index (χ2n) is 0.741. The minimum Gasteiger partial charge on any atom is -0.300 e. The van der Waals surface area contributed by atoms with E-state index in [1.165, 1.54) is 0 Å². The SMILES string of the molecule is CC(=O)S(=O)O. The van der Waals surface area contributed by atoms with Crippen molar-refractivity contribution in [3.05, 3.63) is 0 Å². The maximum absolute atomic E-state index is 9.59. The number of hydrogen-bond acceptors (Lipinski definition) is 2. The molecule has 4 heteroatoms. The largest absolute Gasteiger partial charge is 0.300 e. The van der Waals surface area contributed by atoms with Crippen molar-refractivity contribution in [3.8, 4) is 0 Å². The molecule has 0 radical (unpaired) electrons. The number of hydrogen-bond donors (Lipinski definition) is 1.